The molecule has 0 spiro atoms. The van der Waals surface area contributed by atoms with Crippen molar-refractivity contribution < 1.29 is 0 Å². The van der Waals surface area contributed by atoms with Gasteiger partial charge in [-0.3, -0.25) is 4.90 Å². The van der Waals surface area contributed by atoms with Gasteiger partial charge in [0.05, 0.1) is 4.99 Å². The van der Waals surface area contributed by atoms with Crippen LogP contribution in [0.1, 0.15) is 19.2 Å². The molecule has 0 amide bonds. The average molecular weight is 285 g/mol. The number of nitrogens with zero attached hydrogens (tertiary/aromatic N) is 4. The van der Waals surface area contributed by atoms with Crippen molar-refractivity contribution in [3.63, 3.8) is 0 Å². The summed E-state index contributed by atoms with van der Waals surface area (Å²) in [5.74, 6) is 0.975. The summed E-state index contributed by atoms with van der Waals surface area (Å²) in [6, 6.07) is 0. The molecular weight excluding hydrogens is 266 g/mol. The zero-order chi connectivity index (χ0) is 13.0. The van der Waals surface area contributed by atoms with Crippen molar-refractivity contribution in [3.8, 4) is 0 Å². The zero-order valence-corrected chi connectivity index (χ0v) is 12.3. The number of aryl methyl sites for hydroxylation is 1. The van der Waals surface area contributed by atoms with Crippen molar-refractivity contribution in [1.29, 1.82) is 0 Å². The van der Waals surface area contributed by atoms with Crippen LogP contribution in [0.2, 0.25) is 0 Å². The maximum atomic E-state index is 5.56. The van der Waals surface area contributed by atoms with E-state index in [9.17, 15) is 0 Å². The Labute approximate surface area is 117 Å². The van der Waals surface area contributed by atoms with Crippen LogP contribution in [-0.2, 0) is 6.42 Å². The number of thiocarbonyl (C=S) groups is 1. The maximum absolute atomic E-state index is 5.56. The molecule has 2 heterocycles. The summed E-state index contributed by atoms with van der Waals surface area (Å²) in [5, 5.41) is 1.05. The highest BCUT2D eigenvalue weighted by molar-refractivity contribution is 7.80. The van der Waals surface area contributed by atoms with Crippen LogP contribution >= 0.6 is 23.8 Å². The molecule has 1 aliphatic heterocycles. The summed E-state index contributed by atoms with van der Waals surface area (Å²) in [6.45, 7) is 6.79. The van der Waals surface area contributed by atoms with Gasteiger partial charge in [0.2, 0.25) is 5.13 Å². The molecule has 2 rings (SSSR count). The fourth-order valence-electron chi connectivity index (χ4n) is 2.02. The van der Waals surface area contributed by atoms with Gasteiger partial charge < -0.3 is 10.6 Å². The van der Waals surface area contributed by atoms with Crippen molar-refractivity contribution in [2.75, 3.05) is 37.6 Å². The molecular formula is C11H19N5S2. The highest BCUT2D eigenvalue weighted by Crippen LogP contribution is 2.19. The van der Waals surface area contributed by atoms with E-state index in [1.54, 1.807) is 0 Å². The predicted molar refractivity (Wildman–Crippen MR) is 79.3 cm³/mol. The second-order valence-electron chi connectivity index (χ2n) is 4.47. The van der Waals surface area contributed by atoms with Crippen molar-refractivity contribution in [3.05, 3.63) is 5.82 Å². The lowest BCUT2D eigenvalue weighted by atomic mass is 10.3. The van der Waals surface area contributed by atoms with E-state index in [0.29, 0.717) is 4.99 Å². The minimum atomic E-state index is 0.574. The smallest absolute Gasteiger partial charge is 0.205 e. The van der Waals surface area contributed by atoms with E-state index in [0.717, 1.165) is 56.5 Å². The van der Waals surface area contributed by atoms with E-state index >= 15 is 0 Å². The number of anilines is 1. The Bertz CT molecular complexity index is 398. The van der Waals surface area contributed by atoms with Gasteiger partial charge in [-0.1, -0.05) is 19.1 Å². The molecule has 0 bridgehead atoms. The van der Waals surface area contributed by atoms with Crippen LogP contribution in [0.15, 0.2) is 0 Å². The van der Waals surface area contributed by atoms with Crippen molar-refractivity contribution in [2.45, 2.75) is 19.8 Å². The molecule has 18 heavy (non-hydrogen) atoms. The van der Waals surface area contributed by atoms with Crippen LogP contribution < -0.4 is 10.6 Å². The summed E-state index contributed by atoms with van der Waals surface area (Å²) in [7, 11) is 0. The predicted octanol–water partition coefficient (Wildman–Crippen LogP) is 0.899. The lowest BCUT2D eigenvalue weighted by Gasteiger charge is -2.33. The topological polar surface area (TPSA) is 58.3 Å². The first-order valence-corrected chi connectivity index (χ1v) is 7.45. The molecule has 100 valence electrons. The molecule has 5 nitrogen and oxygen atoms in total. The van der Waals surface area contributed by atoms with E-state index in [1.165, 1.54) is 11.5 Å². The van der Waals surface area contributed by atoms with Gasteiger partial charge in [0, 0.05) is 50.7 Å². The molecule has 0 aliphatic carbocycles. The van der Waals surface area contributed by atoms with E-state index in [-0.39, 0.29) is 0 Å². The fraction of sp³-hybridized carbons (Fsp3) is 0.727. The summed E-state index contributed by atoms with van der Waals surface area (Å²) in [6.07, 6.45) is 2.07. The quantitative estimate of drug-likeness (QED) is 0.811. The van der Waals surface area contributed by atoms with Gasteiger partial charge in [-0.2, -0.15) is 4.37 Å². The molecule has 0 aromatic carbocycles. The zero-order valence-electron chi connectivity index (χ0n) is 10.6. The van der Waals surface area contributed by atoms with Crippen LogP contribution in [0.25, 0.3) is 0 Å². The van der Waals surface area contributed by atoms with Gasteiger partial charge >= 0.3 is 0 Å². The van der Waals surface area contributed by atoms with Crippen LogP contribution in [-0.4, -0.2) is 52.0 Å². The molecule has 0 saturated carbocycles. The third kappa shape index (κ3) is 3.60. The van der Waals surface area contributed by atoms with Gasteiger partial charge in [0.25, 0.3) is 0 Å². The number of hydrogen-bond acceptors (Lipinski definition) is 6. The first-order chi connectivity index (χ1) is 8.69. The average Bonchev–Trinajstić information content (AvgIpc) is 2.78. The Hall–Kier alpha value is -0.790. The molecule has 1 aromatic heterocycles. The first-order valence-electron chi connectivity index (χ1n) is 6.27. The van der Waals surface area contributed by atoms with Gasteiger partial charge in [-0.15, -0.1) is 0 Å². The standard InChI is InChI=1S/C11H19N5S2/c1-2-3-10-13-11(18-14-10)16-6-4-15(5-7-16)8-9(12)17/h2-8H2,1H3,(H2,12,17). The van der Waals surface area contributed by atoms with Crippen LogP contribution in [0.3, 0.4) is 0 Å². The van der Waals surface area contributed by atoms with Gasteiger partial charge in [-0.05, 0) is 6.42 Å². The number of nitrogens with two attached hydrogens (primary N) is 1. The fourth-order valence-corrected chi connectivity index (χ4v) is 2.96. The molecule has 2 N–H and O–H groups in total. The Morgan fingerprint density at radius 2 is 2.11 bits per heavy atom. The Morgan fingerprint density at radius 1 is 1.39 bits per heavy atom. The number of hydrogen-bond donors (Lipinski definition) is 1. The lowest BCUT2D eigenvalue weighted by molar-refractivity contribution is 0.292. The molecule has 7 heteroatoms. The molecule has 0 atom stereocenters. The molecule has 1 fully saturated rings. The summed E-state index contributed by atoms with van der Waals surface area (Å²) < 4.78 is 4.38. The SMILES string of the molecule is CCCc1nsc(N2CCN(CC(N)=S)CC2)n1. The Kier molecular flexibility index (Phi) is 4.85. The Morgan fingerprint density at radius 3 is 2.72 bits per heavy atom. The van der Waals surface area contributed by atoms with Gasteiger partial charge in [0.1, 0.15) is 5.82 Å². The molecule has 0 radical (unpaired) electrons. The van der Waals surface area contributed by atoms with Crippen LogP contribution in [0.5, 0.6) is 0 Å². The van der Waals surface area contributed by atoms with Crippen molar-refractivity contribution in [2.24, 2.45) is 5.73 Å². The highest BCUT2D eigenvalue weighted by atomic mass is 32.1. The van der Waals surface area contributed by atoms with E-state index in [2.05, 4.69) is 26.1 Å². The lowest BCUT2D eigenvalue weighted by Crippen LogP contribution is -2.48. The number of piperazine rings is 1. The van der Waals surface area contributed by atoms with Crippen molar-refractivity contribution in [1.82, 2.24) is 14.3 Å². The largest absolute Gasteiger partial charge is 0.392 e. The van der Waals surface area contributed by atoms with E-state index in [4.69, 9.17) is 18.0 Å². The maximum Gasteiger partial charge on any atom is 0.205 e. The number of aromatic nitrogens is 2. The first kappa shape index (κ1) is 13.6. The normalized spacial score (nSPS) is 17.1. The van der Waals surface area contributed by atoms with E-state index < -0.39 is 0 Å². The highest BCUT2D eigenvalue weighted by Gasteiger charge is 2.20. The summed E-state index contributed by atoms with van der Waals surface area (Å²) in [4.78, 5) is 9.73. The summed E-state index contributed by atoms with van der Waals surface area (Å²) in [5.41, 5.74) is 5.56. The Balaban J connectivity index is 1.86. The minimum Gasteiger partial charge on any atom is -0.392 e. The van der Waals surface area contributed by atoms with E-state index in [1.807, 2.05) is 0 Å². The van der Waals surface area contributed by atoms with Gasteiger partial charge in [-0.25, -0.2) is 4.98 Å². The second kappa shape index (κ2) is 6.40. The minimum absolute atomic E-state index is 0.574. The van der Waals surface area contributed by atoms with Gasteiger partial charge in [0.15, 0.2) is 0 Å². The third-order valence-corrected chi connectivity index (χ3v) is 3.90. The number of rotatable bonds is 5. The monoisotopic (exact) mass is 285 g/mol. The molecule has 0 unspecified atom stereocenters. The second-order valence-corrected chi connectivity index (χ2v) is 5.73. The molecule has 1 aromatic rings. The molecule has 1 aliphatic rings. The van der Waals surface area contributed by atoms with Crippen molar-refractivity contribution >= 4 is 33.9 Å². The molecule has 1 saturated heterocycles. The summed E-state index contributed by atoms with van der Waals surface area (Å²) >= 11 is 6.44. The van der Waals surface area contributed by atoms with Crippen LogP contribution in [0, 0.1) is 0 Å². The third-order valence-electron chi connectivity index (χ3n) is 2.95. The van der Waals surface area contributed by atoms with Crippen LogP contribution in [0.4, 0.5) is 5.13 Å².